The van der Waals surface area contributed by atoms with Crippen molar-refractivity contribution in [2.45, 2.75) is 26.9 Å². The zero-order valence-electron chi connectivity index (χ0n) is 9.86. The van der Waals surface area contributed by atoms with Crippen LogP contribution >= 0.6 is 12.4 Å². The minimum absolute atomic E-state index is 0. The van der Waals surface area contributed by atoms with Gasteiger partial charge in [0.25, 0.3) is 5.91 Å². The van der Waals surface area contributed by atoms with Gasteiger partial charge >= 0.3 is 0 Å². The Morgan fingerprint density at radius 2 is 1.75 bits per heavy atom. The first-order chi connectivity index (χ1) is 7.00. The van der Waals surface area contributed by atoms with Crippen molar-refractivity contribution in [3.63, 3.8) is 0 Å². The van der Waals surface area contributed by atoms with Gasteiger partial charge in [0, 0.05) is 5.56 Å². The molecule has 0 fully saturated rings. The number of nitrogens with one attached hydrogen (secondary N) is 1. The fourth-order valence-electron chi connectivity index (χ4n) is 1.11. The largest absolute Gasteiger partial charge is 0.337 e. The highest BCUT2D eigenvalue weighted by molar-refractivity contribution is 5.94. The summed E-state index contributed by atoms with van der Waals surface area (Å²) in [5, 5.41) is 2.75. The molecular weight excluding hydrogens is 224 g/mol. The summed E-state index contributed by atoms with van der Waals surface area (Å²) < 4.78 is 0. The maximum absolute atomic E-state index is 11.7. The Morgan fingerprint density at radius 1 is 1.25 bits per heavy atom. The molecule has 1 atom stereocenters. The minimum atomic E-state index is -0.293. The van der Waals surface area contributed by atoms with Crippen LogP contribution < -0.4 is 11.1 Å². The normalized spacial score (nSPS) is 11.8. The lowest BCUT2D eigenvalue weighted by Crippen LogP contribution is -2.45. The molecule has 1 amide bonds. The summed E-state index contributed by atoms with van der Waals surface area (Å²) in [4.78, 5) is 11.7. The molecule has 0 aromatic heterocycles. The Balaban J connectivity index is 0.00000225. The molecule has 0 aliphatic heterocycles. The summed E-state index contributed by atoms with van der Waals surface area (Å²) in [6.45, 7) is 5.93. The third kappa shape index (κ3) is 4.21. The van der Waals surface area contributed by atoms with Crippen LogP contribution in [0, 0.1) is 12.8 Å². The van der Waals surface area contributed by atoms with Gasteiger partial charge in [-0.3, -0.25) is 4.79 Å². The number of hydrogen-bond donors (Lipinski definition) is 2. The average Bonchev–Trinajstić information content (AvgIpc) is 2.18. The Kier molecular flexibility index (Phi) is 6.08. The van der Waals surface area contributed by atoms with E-state index in [0.29, 0.717) is 5.56 Å². The van der Waals surface area contributed by atoms with E-state index in [2.05, 4.69) is 5.32 Å². The molecule has 1 aromatic carbocycles. The van der Waals surface area contributed by atoms with Crippen molar-refractivity contribution in [1.82, 2.24) is 5.32 Å². The number of benzene rings is 1. The number of carbonyl (C=O) groups is 1. The topological polar surface area (TPSA) is 55.1 Å². The monoisotopic (exact) mass is 242 g/mol. The van der Waals surface area contributed by atoms with Gasteiger partial charge in [-0.1, -0.05) is 31.5 Å². The van der Waals surface area contributed by atoms with Crippen molar-refractivity contribution in [1.29, 1.82) is 0 Å². The highest BCUT2D eigenvalue weighted by atomic mass is 35.5. The van der Waals surface area contributed by atoms with Crippen LogP contribution in [0.3, 0.4) is 0 Å². The summed E-state index contributed by atoms with van der Waals surface area (Å²) in [7, 11) is 0. The third-order valence-corrected chi connectivity index (χ3v) is 2.33. The van der Waals surface area contributed by atoms with E-state index in [1.807, 2.05) is 32.9 Å². The van der Waals surface area contributed by atoms with Gasteiger partial charge in [0.1, 0.15) is 0 Å². The van der Waals surface area contributed by atoms with Crippen LogP contribution in [0.15, 0.2) is 24.3 Å². The van der Waals surface area contributed by atoms with Crippen molar-refractivity contribution < 1.29 is 4.79 Å². The Hall–Kier alpha value is -1.06. The van der Waals surface area contributed by atoms with E-state index < -0.39 is 0 Å². The number of aryl methyl sites for hydroxylation is 1. The summed E-state index contributed by atoms with van der Waals surface area (Å²) >= 11 is 0. The second-order valence-electron chi connectivity index (χ2n) is 4.11. The van der Waals surface area contributed by atoms with E-state index >= 15 is 0 Å². The van der Waals surface area contributed by atoms with Gasteiger partial charge in [-0.05, 0) is 25.0 Å². The summed E-state index contributed by atoms with van der Waals surface area (Å²) in [6.07, 6.45) is -0.293. The summed E-state index contributed by atoms with van der Waals surface area (Å²) in [5.41, 5.74) is 7.54. The van der Waals surface area contributed by atoms with Crippen LogP contribution in [0.25, 0.3) is 0 Å². The van der Waals surface area contributed by atoms with Crippen LogP contribution in [0.5, 0.6) is 0 Å². The van der Waals surface area contributed by atoms with E-state index in [1.54, 1.807) is 12.1 Å². The van der Waals surface area contributed by atoms with Crippen molar-refractivity contribution in [3.8, 4) is 0 Å². The maximum atomic E-state index is 11.7. The molecule has 3 nitrogen and oxygen atoms in total. The molecule has 0 aliphatic carbocycles. The molecule has 0 saturated heterocycles. The van der Waals surface area contributed by atoms with Crippen LogP contribution in [-0.4, -0.2) is 12.1 Å². The molecule has 1 rings (SSSR count). The number of amides is 1. The first kappa shape index (κ1) is 14.9. The van der Waals surface area contributed by atoms with Gasteiger partial charge in [0.2, 0.25) is 0 Å². The van der Waals surface area contributed by atoms with Gasteiger partial charge < -0.3 is 11.1 Å². The summed E-state index contributed by atoms with van der Waals surface area (Å²) in [6, 6.07) is 7.43. The predicted molar refractivity (Wildman–Crippen MR) is 68.7 cm³/mol. The molecule has 0 saturated carbocycles. The molecule has 4 heteroatoms. The average molecular weight is 243 g/mol. The van der Waals surface area contributed by atoms with E-state index in [9.17, 15) is 4.79 Å². The maximum Gasteiger partial charge on any atom is 0.252 e. The molecule has 0 heterocycles. The molecule has 0 radical (unpaired) electrons. The van der Waals surface area contributed by atoms with Gasteiger partial charge in [0.05, 0.1) is 6.17 Å². The van der Waals surface area contributed by atoms with E-state index in [4.69, 9.17) is 5.73 Å². The second kappa shape index (κ2) is 6.51. The fourth-order valence-corrected chi connectivity index (χ4v) is 1.11. The molecule has 16 heavy (non-hydrogen) atoms. The van der Waals surface area contributed by atoms with Crippen molar-refractivity contribution in [2.24, 2.45) is 11.7 Å². The van der Waals surface area contributed by atoms with Gasteiger partial charge in [0.15, 0.2) is 0 Å². The third-order valence-electron chi connectivity index (χ3n) is 2.33. The fraction of sp³-hybridized carbons (Fsp3) is 0.417. The molecule has 0 spiro atoms. The lowest BCUT2D eigenvalue weighted by molar-refractivity contribution is 0.0927. The number of carbonyl (C=O) groups excluding carboxylic acids is 1. The minimum Gasteiger partial charge on any atom is -0.337 e. The van der Waals surface area contributed by atoms with Crippen molar-refractivity contribution in [3.05, 3.63) is 35.4 Å². The van der Waals surface area contributed by atoms with E-state index in [1.165, 1.54) is 0 Å². The molecule has 1 unspecified atom stereocenters. The first-order valence-corrected chi connectivity index (χ1v) is 5.14. The van der Waals surface area contributed by atoms with Crippen molar-refractivity contribution in [2.75, 3.05) is 0 Å². The number of hydrogen-bond acceptors (Lipinski definition) is 2. The molecule has 0 bridgehead atoms. The Morgan fingerprint density at radius 3 is 2.19 bits per heavy atom. The number of nitrogens with two attached hydrogens (primary N) is 1. The van der Waals surface area contributed by atoms with Crippen LogP contribution in [-0.2, 0) is 0 Å². The SMILES string of the molecule is Cc1ccc(C(=O)NC(N)C(C)C)cc1.Cl. The van der Waals surface area contributed by atoms with Crippen LogP contribution in [0.2, 0.25) is 0 Å². The summed E-state index contributed by atoms with van der Waals surface area (Å²) in [5.74, 6) is 0.121. The standard InChI is InChI=1S/C12H18N2O.ClH/c1-8(2)11(13)14-12(15)10-6-4-9(3)5-7-10;/h4-8,11H,13H2,1-3H3,(H,14,15);1H. The molecule has 90 valence electrons. The highest BCUT2D eigenvalue weighted by Gasteiger charge is 2.12. The zero-order valence-corrected chi connectivity index (χ0v) is 10.7. The molecule has 0 aliphatic rings. The zero-order chi connectivity index (χ0) is 11.4. The molecule has 1 aromatic rings. The second-order valence-corrected chi connectivity index (χ2v) is 4.11. The van der Waals surface area contributed by atoms with Gasteiger partial charge in [-0.2, -0.15) is 0 Å². The van der Waals surface area contributed by atoms with Crippen molar-refractivity contribution >= 4 is 18.3 Å². The van der Waals surface area contributed by atoms with Crippen LogP contribution in [0.1, 0.15) is 29.8 Å². The Labute approximate surface area is 103 Å². The van der Waals surface area contributed by atoms with E-state index in [-0.39, 0.29) is 30.4 Å². The molecule has 3 N–H and O–H groups in total. The Bertz CT molecular complexity index is 335. The predicted octanol–water partition coefficient (Wildman–Crippen LogP) is 2.09. The van der Waals surface area contributed by atoms with Gasteiger partial charge in [-0.25, -0.2) is 0 Å². The van der Waals surface area contributed by atoms with E-state index in [0.717, 1.165) is 5.56 Å². The first-order valence-electron chi connectivity index (χ1n) is 5.14. The van der Waals surface area contributed by atoms with Gasteiger partial charge in [-0.15, -0.1) is 12.4 Å². The number of halogens is 1. The highest BCUT2D eigenvalue weighted by Crippen LogP contribution is 2.04. The smallest absolute Gasteiger partial charge is 0.252 e. The lowest BCUT2D eigenvalue weighted by Gasteiger charge is -2.17. The number of rotatable bonds is 3. The van der Waals surface area contributed by atoms with Crippen LogP contribution in [0.4, 0.5) is 0 Å². The lowest BCUT2D eigenvalue weighted by atomic mass is 10.1. The quantitative estimate of drug-likeness (QED) is 0.798. The molecular formula is C12H19ClN2O.